The Morgan fingerprint density at radius 3 is 2.67 bits per heavy atom. The monoisotopic (exact) mass is 246 g/mol. The Bertz CT molecular complexity index is 399. The van der Waals surface area contributed by atoms with Crippen LogP contribution in [-0.4, -0.2) is 23.4 Å². The molecule has 1 atom stereocenters. The van der Waals surface area contributed by atoms with E-state index in [9.17, 15) is 4.79 Å². The second kappa shape index (κ2) is 6.01. The lowest BCUT2D eigenvalue weighted by Crippen LogP contribution is -2.43. The molecule has 0 aliphatic carbocycles. The number of benzene rings is 1. The van der Waals surface area contributed by atoms with Gasteiger partial charge in [-0.25, -0.2) is 0 Å². The predicted octanol–water partition coefficient (Wildman–Crippen LogP) is 2.55. The van der Waals surface area contributed by atoms with Gasteiger partial charge in [-0.2, -0.15) is 0 Å². The Labute approximate surface area is 109 Å². The molecular formula is C15H22N2O. The molecule has 2 rings (SSSR count). The Morgan fingerprint density at radius 1 is 1.33 bits per heavy atom. The van der Waals surface area contributed by atoms with Gasteiger partial charge < -0.3 is 10.6 Å². The Morgan fingerprint density at radius 2 is 2.06 bits per heavy atom. The lowest BCUT2D eigenvalue weighted by Gasteiger charge is -2.35. The third-order valence-electron chi connectivity index (χ3n) is 3.80. The standard InChI is InChI=1S/C15H22N2O/c1-2-14-5-3-4-10-17(14)15(18)13-8-6-12(11-16)7-9-13/h6-9,14H,2-5,10-11,16H2,1H3. The average Bonchev–Trinajstić information content (AvgIpc) is 2.46. The number of rotatable bonds is 3. The van der Waals surface area contributed by atoms with Gasteiger partial charge in [-0.15, -0.1) is 0 Å². The smallest absolute Gasteiger partial charge is 0.254 e. The van der Waals surface area contributed by atoms with Gasteiger partial charge >= 0.3 is 0 Å². The first-order chi connectivity index (χ1) is 8.76. The highest BCUT2D eigenvalue weighted by Gasteiger charge is 2.25. The highest BCUT2D eigenvalue weighted by Crippen LogP contribution is 2.21. The second-order valence-electron chi connectivity index (χ2n) is 4.96. The molecule has 1 unspecified atom stereocenters. The minimum absolute atomic E-state index is 0.171. The van der Waals surface area contributed by atoms with Crippen LogP contribution < -0.4 is 5.73 Å². The molecular weight excluding hydrogens is 224 g/mol. The van der Waals surface area contributed by atoms with Crippen LogP contribution in [-0.2, 0) is 6.54 Å². The fourth-order valence-corrected chi connectivity index (χ4v) is 2.64. The van der Waals surface area contributed by atoms with Gasteiger partial charge in [0.05, 0.1) is 0 Å². The molecule has 1 aromatic rings. The zero-order valence-corrected chi connectivity index (χ0v) is 11.1. The molecule has 0 bridgehead atoms. The molecule has 0 saturated carbocycles. The van der Waals surface area contributed by atoms with Crippen molar-refractivity contribution in [2.75, 3.05) is 6.54 Å². The number of nitrogens with zero attached hydrogens (tertiary/aromatic N) is 1. The summed E-state index contributed by atoms with van der Waals surface area (Å²) in [6.07, 6.45) is 4.56. The maximum absolute atomic E-state index is 12.5. The number of amides is 1. The molecule has 1 heterocycles. The molecule has 0 aromatic heterocycles. The van der Waals surface area contributed by atoms with E-state index in [2.05, 4.69) is 6.92 Å². The van der Waals surface area contributed by atoms with Gasteiger partial charge in [-0.3, -0.25) is 4.79 Å². The molecule has 0 radical (unpaired) electrons. The maximum atomic E-state index is 12.5. The lowest BCUT2D eigenvalue weighted by molar-refractivity contribution is 0.0608. The zero-order valence-electron chi connectivity index (χ0n) is 11.1. The number of hydrogen-bond donors (Lipinski definition) is 1. The quantitative estimate of drug-likeness (QED) is 0.891. The highest BCUT2D eigenvalue weighted by atomic mass is 16.2. The molecule has 1 aliphatic rings. The summed E-state index contributed by atoms with van der Waals surface area (Å²) in [5, 5.41) is 0. The van der Waals surface area contributed by atoms with Crippen LogP contribution >= 0.6 is 0 Å². The van der Waals surface area contributed by atoms with E-state index in [0.717, 1.165) is 36.9 Å². The number of nitrogens with two attached hydrogens (primary N) is 1. The second-order valence-corrected chi connectivity index (χ2v) is 4.96. The molecule has 1 aromatic carbocycles. The summed E-state index contributed by atoms with van der Waals surface area (Å²) in [7, 11) is 0. The summed E-state index contributed by atoms with van der Waals surface area (Å²) in [6.45, 7) is 3.58. The Hall–Kier alpha value is -1.35. The number of hydrogen-bond acceptors (Lipinski definition) is 2. The van der Waals surface area contributed by atoms with E-state index >= 15 is 0 Å². The zero-order chi connectivity index (χ0) is 13.0. The fraction of sp³-hybridized carbons (Fsp3) is 0.533. The molecule has 3 heteroatoms. The molecule has 1 amide bonds. The van der Waals surface area contributed by atoms with Crippen molar-refractivity contribution in [2.24, 2.45) is 5.73 Å². The van der Waals surface area contributed by atoms with E-state index in [1.165, 1.54) is 6.42 Å². The van der Waals surface area contributed by atoms with Crippen molar-refractivity contribution < 1.29 is 4.79 Å². The summed E-state index contributed by atoms with van der Waals surface area (Å²) in [5.74, 6) is 0.171. The summed E-state index contributed by atoms with van der Waals surface area (Å²) in [5.41, 5.74) is 7.42. The molecule has 2 N–H and O–H groups in total. The third-order valence-corrected chi connectivity index (χ3v) is 3.80. The maximum Gasteiger partial charge on any atom is 0.254 e. The van der Waals surface area contributed by atoms with Gasteiger partial charge in [-0.1, -0.05) is 19.1 Å². The van der Waals surface area contributed by atoms with Crippen molar-refractivity contribution in [1.29, 1.82) is 0 Å². The van der Waals surface area contributed by atoms with E-state index in [-0.39, 0.29) is 5.91 Å². The molecule has 98 valence electrons. The van der Waals surface area contributed by atoms with Crippen molar-refractivity contribution in [1.82, 2.24) is 4.90 Å². The van der Waals surface area contributed by atoms with Crippen LogP contribution in [0.5, 0.6) is 0 Å². The first-order valence-corrected chi connectivity index (χ1v) is 6.86. The van der Waals surface area contributed by atoms with E-state index in [4.69, 9.17) is 5.73 Å². The molecule has 18 heavy (non-hydrogen) atoms. The lowest BCUT2D eigenvalue weighted by atomic mass is 9.98. The number of piperidine rings is 1. The minimum atomic E-state index is 0.171. The van der Waals surface area contributed by atoms with Crippen molar-refractivity contribution in [3.8, 4) is 0 Å². The number of likely N-dealkylation sites (tertiary alicyclic amines) is 1. The van der Waals surface area contributed by atoms with E-state index in [0.29, 0.717) is 12.6 Å². The van der Waals surface area contributed by atoms with Gasteiger partial charge in [0.25, 0.3) is 5.91 Å². The molecule has 1 saturated heterocycles. The molecule has 3 nitrogen and oxygen atoms in total. The van der Waals surface area contributed by atoms with E-state index in [1.54, 1.807) is 0 Å². The van der Waals surface area contributed by atoms with E-state index < -0.39 is 0 Å². The summed E-state index contributed by atoms with van der Waals surface area (Å²) < 4.78 is 0. The van der Waals surface area contributed by atoms with Crippen molar-refractivity contribution in [3.05, 3.63) is 35.4 Å². The highest BCUT2D eigenvalue weighted by molar-refractivity contribution is 5.94. The molecule has 1 fully saturated rings. The first kappa shape index (κ1) is 13.1. The van der Waals surface area contributed by atoms with Gasteiger partial charge in [-0.05, 0) is 43.4 Å². The van der Waals surface area contributed by atoms with Crippen LogP contribution in [0.15, 0.2) is 24.3 Å². The number of carbonyl (C=O) groups excluding carboxylic acids is 1. The van der Waals surface area contributed by atoms with Crippen LogP contribution in [0.2, 0.25) is 0 Å². The molecule has 1 aliphatic heterocycles. The normalized spacial score (nSPS) is 19.9. The van der Waals surface area contributed by atoms with Crippen LogP contribution in [0, 0.1) is 0 Å². The third kappa shape index (κ3) is 2.72. The van der Waals surface area contributed by atoms with Crippen LogP contribution in [0.3, 0.4) is 0 Å². The largest absolute Gasteiger partial charge is 0.336 e. The Balaban J connectivity index is 2.13. The first-order valence-electron chi connectivity index (χ1n) is 6.86. The summed E-state index contributed by atoms with van der Waals surface area (Å²) in [4.78, 5) is 14.5. The van der Waals surface area contributed by atoms with Gasteiger partial charge in [0.2, 0.25) is 0 Å². The number of carbonyl (C=O) groups is 1. The predicted molar refractivity (Wildman–Crippen MR) is 73.3 cm³/mol. The van der Waals surface area contributed by atoms with Gasteiger partial charge in [0.1, 0.15) is 0 Å². The van der Waals surface area contributed by atoms with Crippen LogP contribution in [0.25, 0.3) is 0 Å². The van der Waals surface area contributed by atoms with Gasteiger partial charge in [0.15, 0.2) is 0 Å². The van der Waals surface area contributed by atoms with Crippen molar-refractivity contribution in [2.45, 2.75) is 45.2 Å². The Kier molecular flexibility index (Phi) is 4.37. The summed E-state index contributed by atoms with van der Waals surface area (Å²) >= 11 is 0. The average molecular weight is 246 g/mol. The topological polar surface area (TPSA) is 46.3 Å². The van der Waals surface area contributed by atoms with E-state index in [1.807, 2.05) is 29.2 Å². The van der Waals surface area contributed by atoms with Gasteiger partial charge in [0, 0.05) is 24.7 Å². The summed E-state index contributed by atoms with van der Waals surface area (Å²) in [6, 6.07) is 8.09. The van der Waals surface area contributed by atoms with Crippen molar-refractivity contribution >= 4 is 5.91 Å². The SMILES string of the molecule is CCC1CCCCN1C(=O)c1ccc(CN)cc1. The van der Waals surface area contributed by atoms with Crippen molar-refractivity contribution in [3.63, 3.8) is 0 Å². The van der Waals surface area contributed by atoms with Crippen LogP contribution in [0.4, 0.5) is 0 Å². The fourth-order valence-electron chi connectivity index (χ4n) is 2.64. The minimum Gasteiger partial charge on any atom is -0.336 e. The van der Waals surface area contributed by atoms with Crippen LogP contribution in [0.1, 0.15) is 48.5 Å². The molecule has 0 spiro atoms.